The molecule has 1 atom stereocenters. The summed E-state index contributed by atoms with van der Waals surface area (Å²) >= 11 is 4.62. The van der Waals surface area contributed by atoms with Crippen LogP contribution in [0.5, 0.6) is 11.5 Å². The van der Waals surface area contributed by atoms with Crippen LogP contribution in [0.2, 0.25) is 0 Å². The maximum atomic E-state index is 12.5. The molecular formula is C18H21BrN2O4S. The molecule has 2 amide bonds. The minimum Gasteiger partial charge on any atom is -0.494 e. The highest BCUT2D eigenvalue weighted by atomic mass is 79.9. The molecule has 0 aliphatic carbocycles. The zero-order valence-corrected chi connectivity index (χ0v) is 17.2. The van der Waals surface area contributed by atoms with E-state index < -0.39 is 6.04 Å². The van der Waals surface area contributed by atoms with E-state index in [0.717, 1.165) is 3.79 Å². The summed E-state index contributed by atoms with van der Waals surface area (Å²) in [4.78, 5) is 25.2. The van der Waals surface area contributed by atoms with Crippen molar-refractivity contribution in [2.45, 2.75) is 26.8 Å². The van der Waals surface area contributed by atoms with Crippen molar-refractivity contribution in [3.05, 3.63) is 39.0 Å². The third kappa shape index (κ3) is 5.47. The highest BCUT2D eigenvalue weighted by Gasteiger charge is 2.19. The van der Waals surface area contributed by atoms with Gasteiger partial charge in [0.1, 0.15) is 17.5 Å². The Bertz CT molecular complexity index is 778. The van der Waals surface area contributed by atoms with Crippen molar-refractivity contribution < 1.29 is 19.1 Å². The average molecular weight is 441 g/mol. The van der Waals surface area contributed by atoms with E-state index in [9.17, 15) is 9.59 Å². The van der Waals surface area contributed by atoms with Crippen LogP contribution >= 0.6 is 27.3 Å². The summed E-state index contributed by atoms with van der Waals surface area (Å²) in [5.41, 5.74) is 0.503. The van der Waals surface area contributed by atoms with Crippen molar-refractivity contribution in [2.75, 3.05) is 18.5 Å². The van der Waals surface area contributed by atoms with E-state index in [1.807, 2.05) is 13.8 Å². The van der Waals surface area contributed by atoms with Gasteiger partial charge in [0.05, 0.1) is 27.6 Å². The van der Waals surface area contributed by atoms with Crippen LogP contribution in [0.3, 0.4) is 0 Å². The predicted molar refractivity (Wildman–Crippen MR) is 106 cm³/mol. The summed E-state index contributed by atoms with van der Waals surface area (Å²) in [6.45, 7) is 6.36. The van der Waals surface area contributed by atoms with Crippen LogP contribution in [0.15, 0.2) is 34.1 Å². The summed E-state index contributed by atoms with van der Waals surface area (Å²) < 4.78 is 11.9. The van der Waals surface area contributed by atoms with Crippen molar-refractivity contribution in [3.63, 3.8) is 0 Å². The minimum atomic E-state index is -0.714. The number of benzene rings is 1. The van der Waals surface area contributed by atoms with Gasteiger partial charge in [-0.15, -0.1) is 11.3 Å². The molecule has 2 rings (SSSR count). The van der Waals surface area contributed by atoms with Crippen molar-refractivity contribution >= 4 is 44.8 Å². The highest BCUT2D eigenvalue weighted by Crippen LogP contribution is 2.29. The van der Waals surface area contributed by atoms with E-state index in [-0.39, 0.29) is 11.8 Å². The van der Waals surface area contributed by atoms with Gasteiger partial charge >= 0.3 is 0 Å². The van der Waals surface area contributed by atoms with Gasteiger partial charge in [-0.1, -0.05) is 0 Å². The number of amides is 2. The second-order valence-electron chi connectivity index (χ2n) is 5.31. The smallest absolute Gasteiger partial charge is 0.262 e. The summed E-state index contributed by atoms with van der Waals surface area (Å²) in [6, 6.07) is 8.01. The number of carbonyl (C=O) groups excluding carboxylic acids is 2. The Kier molecular flexibility index (Phi) is 7.47. The molecule has 0 saturated heterocycles. The summed E-state index contributed by atoms with van der Waals surface area (Å²) in [5, 5.41) is 5.48. The fourth-order valence-electron chi connectivity index (χ4n) is 2.16. The Labute approximate surface area is 165 Å². The van der Waals surface area contributed by atoms with Crippen LogP contribution in [0.4, 0.5) is 5.69 Å². The monoisotopic (exact) mass is 440 g/mol. The summed E-state index contributed by atoms with van der Waals surface area (Å²) in [5.74, 6) is 0.538. The van der Waals surface area contributed by atoms with E-state index >= 15 is 0 Å². The normalized spacial score (nSPS) is 11.5. The quantitative estimate of drug-likeness (QED) is 0.648. The molecule has 0 saturated carbocycles. The van der Waals surface area contributed by atoms with E-state index in [1.165, 1.54) is 11.3 Å². The number of nitrogens with one attached hydrogen (secondary N) is 2. The average Bonchev–Trinajstić information content (AvgIpc) is 3.04. The zero-order chi connectivity index (χ0) is 19.1. The van der Waals surface area contributed by atoms with Gasteiger partial charge in [-0.05, 0) is 61.0 Å². The first-order chi connectivity index (χ1) is 12.4. The molecule has 1 heterocycles. The van der Waals surface area contributed by atoms with Crippen LogP contribution in [0.25, 0.3) is 0 Å². The topological polar surface area (TPSA) is 76.7 Å². The zero-order valence-electron chi connectivity index (χ0n) is 14.8. The van der Waals surface area contributed by atoms with Gasteiger partial charge in [0, 0.05) is 6.07 Å². The lowest BCUT2D eigenvalue weighted by atomic mass is 10.2. The van der Waals surface area contributed by atoms with E-state index in [0.29, 0.717) is 35.3 Å². The molecule has 0 spiro atoms. The number of ether oxygens (including phenoxy) is 2. The lowest BCUT2D eigenvalue weighted by molar-refractivity contribution is -0.117. The number of rotatable bonds is 8. The molecule has 2 N–H and O–H groups in total. The minimum absolute atomic E-state index is 0.295. The van der Waals surface area contributed by atoms with Gasteiger partial charge in [0.25, 0.3) is 5.91 Å². The van der Waals surface area contributed by atoms with Crippen molar-refractivity contribution in [1.29, 1.82) is 0 Å². The Morgan fingerprint density at radius 3 is 2.50 bits per heavy atom. The molecule has 1 aromatic carbocycles. The molecule has 0 bridgehead atoms. The van der Waals surface area contributed by atoms with Gasteiger partial charge in [0.15, 0.2) is 0 Å². The predicted octanol–water partition coefficient (Wildman–Crippen LogP) is 4.07. The second-order valence-corrected chi connectivity index (χ2v) is 7.78. The second kappa shape index (κ2) is 9.59. The lowest BCUT2D eigenvalue weighted by Gasteiger charge is -2.17. The Balaban J connectivity index is 2.07. The number of anilines is 1. The van der Waals surface area contributed by atoms with Crippen LogP contribution in [0.1, 0.15) is 30.4 Å². The largest absolute Gasteiger partial charge is 0.494 e. The lowest BCUT2D eigenvalue weighted by Crippen LogP contribution is -2.41. The van der Waals surface area contributed by atoms with Crippen molar-refractivity contribution in [1.82, 2.24) is 5.32 Å². The molecule has 6 nitrogen and oxygen atoms in total. The fourth-order valence-corrected chi connectivity index (χ4v) is 3.44. The Morgan fingerprint density at radius 1 is 1.15 bits per heavy atom. The number of carbonyl (C=O) groups is 2. The molecule has 2 aromatic rings. The first-order valence-corrected chi connectivity index (χ1v) is 9.82. The van der Waals surface area contributed by atoms with Crippen LogP contribution in [-0.4, -0.2) is 31.1 Å². The van der Waals surface area contributed by atoms with Gasteiger partial charge in [-0.25, -0.2) is 0 Å². The Morgan fingerprint density at radius 2 is 1.88 bits per heavy atom. The summed E-state index contributed by atoms with van der Waals surface area (Å²) in [7, 11) is 0. The fraction of sp³-hybridized carbons (Fsp3) is 0.333. The number of hydrogen-bond donors (Lipinski definition) is 2. The maximum Gasteiger partial charge on any atom is 0.262 e. The van der Waals surface area contributed by atoms with Gasteiger partial charge in [-0.3, -0.25) is 9.59 Å². The summed E-state index contributed by atoms with van der Waals surface area (Å²) in [6.07, 6.45) is 0. The molecule has 1 unspecified atom stereocenters. The SMILES string of the molecule is CCOc1ccc(OCC)c(NC(=O)C(C)NC(=O)c2ccc(Br)s2)c1. The molecule has 0 aliphatic heterocycles. The first kappa shape index (κ1) is 20.3. The van der Waals surface area contributed by atoms with Gasteiger partial charge in [0.2, 0.25) is 5.91 Å². The third-order valence-corrected chi connectivity index (χ3v) is 4.98. The number of halogens is 1. The highest BCUT2D eigenvalue weighted by molar-refractivity contribution is 9.11. The van der Waals surface area contributed by atoms with E-state index in [4.69, 9.17) is 9.47 Å². The van der Waals surface area contributed by atoms with Gasteiger partial charge in [-0.2, -0.15) is 0 Å². The van der Waals surface area contributed by atoms with Gasteiger partial charge < -0.3 is 20.1 Å². The standard InChI is InChI=1S/C18H21BrN2O4S/c1-4-24-12-6-7-14(25-5-2)13(10-12)21-17(22)11(3)20-18(23)15-8-9-16(19)26-15/h6-11H,4-5H2,1-3H3,(H,20,23)(H,21,22). The maximum absolute atomic E-state index is 12.5. The first-order valence-electron chi connectivity index (χ1n) is 8.21. The van der Waals surface area contributed by atoms with E-state index in [2.05, 4.69) is 26.6 Å². The third-order valence-electron chi connectivity index (χ3n) is 3.36. The molecule has 0 fully saturated rings. The van der Waals surface area contributed by atoms with Crippen molar-refractivity contribution in [2.24, 2.45) is 0 Å². The molecule has 0 radical (unpaired) electrons. The Hall–Kier alpha value is -2.06. The van der Waals surface area contributed by atoms with Crippen LogP contribution < -0.4 is 20.1 Å². The van der Waals surface area contributed by atoms with E-state index in [1.54, 1.807) is 37.3 Å². The molecule has 26 heavy (non-hydrogen) atoms. The molecule has 8 heteroatoms. The molecular weight excluding hydrogens is 420 g/mol. The molecule has 140 valence electrons. The number of hydrogen-bond acceptors (Lipinski definition) is 5. The van der Waals surface area contributed by atoms with Crippen molar-refractivity contribution in [3.8, 4) is 11.5 Å². The molecule has 0 aliphatic rings. The van der Waals surface area contributed by atoms with Crippen LogP contribution in [-0.2, 0) is 4.79 Å². The van der Waals surface area contributed by atoms with Crippen LogP contribution in [0, 0.1) is 0 Å². The number of thiophene rings is 1. The molecule has 1 aromatic heterocycles.